The van der Waals surface area contributed by atoms with Crippen LogP contribution in [0.15, 0.2) is 24.3 Å². The van der Waals surface area contributed by atoms with E-state index in [0.29, 0.717) is 30.8 Å². The van der Waals surface area contributed by atoms with E-state index >= 15 is 0 Å². The van der Waals surface area contributed by atoms with Gasteiger partial charge in [-0.3, -0.25) is 14.4 Å². The Morgan fingerprint density at radius 1 is 1.32 bits per heavy atom. The van der Waals surface area contributed by atoms with E-state index in [0.717, 1.165) is 6.42 Å². The van der Waals surface area contributed by atoms with Gasteiger partial charge in [-0.25, -0.2) is 0 Å². The molecule has 3 amide bonds. The van der Waals surface area contributed by atoms with Crippen LogP contribution in [0.3, 0.4) is 0 Å². The van der Waals surface area contributed by atoms with Crippen molar-refractivity contribution in [2.45, 2.75) is 25.8 Å². The molecule has 0 radical (unpaired) electrons. The van der Waals surface area contributed by atoms with Crippen LogP contribution in [-0.4, -0.2) is 48.3 Å². The molecule has 1 fully saturated rings. The molecule has 2 aliphatic rings. The Morgan fingerprint density at radius 2 is 2.09 bits per heavy atom. The first-order valence-corrected chi connectivity index (χ1v) is 7.54. The largest absolute Gasteiger partial charge is 0.348 e. The monoisotopic (exact) mass is 301 g/mol. The maximum absolute atomic E-state index is 12.7. The molecule has 6 heteroatoms. The predicted molar refractivity (Wildman–Crippen MR) is 81.5 cm³/mol. The average Bonchev–Trinajstić information content (AvgIpc) is 2.84. The van der Waals surface area contributed by atoms with Crippen LogP contribution < -0.4 is 10.2 Å². The number of benzene rings is 1. The van der Waals surface area contributed by atoms with Crippen molar-refractivity contribution < 1.29 is 14.4 Å². The van der Waals surface area contributed by atoms with Crippen molar-refractivity contribution in [3.8, 4) is 0 Å². The van der Waals surface area contributed by atoms with Crippen molar-refractivity contribution in [2.75, 3.05) is 24.5 Å². The highest BCUT2D eigenvalue weighted by Gasteiger charge is 2.30. The zero-order valence-electron chi connectivity index (χ0n) is 12.5. The third-order valence-electron chi connectivity index (χ3n) is 4.07. The second kappa shape index (κ2) is 5.79. The number of hydrogen-bond acceptors (Lipinski definition) is 3. The highest BCUT2D eigenvalue weighted by Crippen LogP contribution is 2.24. The summed E-state index contributed by atoms with van der Waals surface area (Å²) in [5.74, 6) is -0.291. The number of amides is 3. The predicted octanol–water partition coefficient (Wildman–Crippen LogP) is 0.774. The average molecular weight is 301 g/mol. The minimum Gasteiger partial charge on any atom is -0.348 e. The molecule has 0 aromatic heterocycles. The first-order valence-electron chi connectivity index (χ1n) is 7.54. The Kier molecular flexibility index (Phi) is 3.83. The van der Waals surface area contributed by atoms with Gasteiger partial charge in [-0.05, 0) is 25.5 Å². The lowest BCUT2D eigenvalue weighted by molar-refractivity contribution is -0.132. The molecule has 1 aromatic carbocycles. The summed E-state index contributed by atoms with van der Waals surface area (Å²) < 4.78 is 0. The highest BCUT2D eigenvalue weighted by atomic mass is 16.2. The molecule has 0 saturated carbocycles. The van der Waals surface area contributed by atoms with Crippen LogP contribution in [0.2, 0.25) is 0 Å². The molecule has 0 aliphatic carbocycles. The van der Waals surface area contributed by atoms with Gasteiger partial charge in [-0.15, -0.1) is 0 Å². The molecule has 0 spiro atoms. The Hall–Kier alpha value is -2.37. The smallest absolute Gasteiger partial charge is 0.253 e. The lowest BCUT2D eigenvalue weighted by atomic mass is 10.1. The van der Waals surface area contributed by atoms with E-state index in [1.54, 1.807) is 28.0 Å². The summed E-state index contributed by atoms with van der Waals surface area (Å²) in [4.78, 5) is 39.7. The normalized spacial score (nSPS) is 21.4. The fraction of sp³-hybridized carbons (Fsp3) is 0.438. The van der Waals surface area contributed by atoms with Crippen molar-refractivity contribution in [1.82, 2.24) is 10.2 Å². The summed E-state index contributed by atoms with van der Waals surface area (Å²) in [5, 5.41) is 2.87. The molecule has 6 nitrogen and oxygen atoms in total. The van der Waals surface area contributed by atoms with Crippen molar-refractivity contribution in [3.63, 3.8) is 0 Å². The Balaban J connectivity index is 1.87. The van der Waals surface area contributed by atoms with Gasteiger partial charge in [0, 0.05) is 25.6 Å². The number of nitrogens with one attached hydrogen (secondary N) is 1. The van der Waals surface area contributed by atoms with Gasteiger partial charge in [0.05, 0.1) is 11.3 Å². The number of nitrogens with zero attached hydrogens (tertiary/aromatic N) is 2. The number of hydrogen-bond donors (Lipinski definition) is 1. The van der Waals surface area contributed by atoms with Crippen molar-refractivity contribution in [3.05, 3.63) is 29.8 Å². The third-order valence-corrected chi connectivity index (χ3v) is 4.07. The molecule has 116 valence electrons. The van der Waals surface area contributed by atoms with Crippen LogP contribution >= 0.6 is 0 Å². The molecule has 1 unspecified atom stereocenters. The van der Waals surface area contributed by atoms with Crippen LogP contribution in [0.5, 0.6) is 0 Å². The molecule has 1 saturated heterocycles. The molecule has 1 aromatic rings. The zero-order chi connectivity index (χ0) is 15.7. The second-order valence-corrected chi connectivity index (χ2v) is 5.81. The summed E-state index contributed by atoms with van der Waals surface area (Å²) in [5.41, 5.74) is 1.11. The Morgan fingerprint density at radius 3 is 2.82 bits per heavy atom. The standard InChI is InChI=1S/C16H19N3O3/c1-11-9-19(15(21)10-18-8-4-7-14(18)20)13-6-3-2-5-12(13)16(22)17-11/h2-3,5-6,11H,4,7-10H2,1H3,(H,17,22). The lowest BCUT2D eigenvalue weighted by Gasteiger charge is -2.26. The van der Waals surface area contributed by atoms with Crippen LogP contribution in [-0.2, 0) is 9.59 Å². The van der Waals surface area contributed by atoms with E-state index in [4.69, 9.17) is 0 Å². The second-order valence-electron chi connectivity index (χ2n) is 5.81. The zero-order valence-corrected chi connectivity index (χ0v) is 12.5. The molecule has 2 heterocycles. The van der Waals surface area contributed by atoms with Gasteiger partial charge in [0.15, 0.2) is 0 Å². The van der Waals surface area contributed by atoms with E-state index in [9.17, 15) is 14.4 Å². The number of likely N-dealkylation sites (tertiary alicyclic amines) is 1. The topological polar surface area (TPSA) is 69.7 Å². The fourth-order valence-corrected chi connectivity index (χ4v) is 2.98. The van der Waals surface area contributed by atoms with Crippen LogP contribution in [0.1, 0.15) is 30.1 Å². The summed E-state index contributed by atoms with van der Waals surface area (Å²) in [6.45, 7) is 2.98. The van der Waals surface area contributed by atoms with Crippen LogP contribution in [0, 0.1) is 0 Å². The summed E-state index contributed by atoms with van der Waals surface area (Å²) >= 11 is 0. The van der Waals surface area contributed by atoms with Gasteiger partial charge < -0.3 is 15.1 Å². The maximum Gasteiger partial charge on any atom is 0.253 e. The Labute approximate surface area is 129 Å². The SMILES string of the molecule is CC1CN(C(=O)CN2CCCC2=O)c2ccccc2C(=O)N1. The van der Waals surface area contributed by atoms with Gasteiger partial charge in [0.25, 0.3) is 5.91 Å². The molecule has 1 N–H and O–H groups in total. The molecular weight excluding hydrogens is 282 g/mol. The highest BCUT2D eigenvalue weighted by molar-refractivity contribution is 6.06. The van der Waals surface area contributed by atoms with E-state index in [2.05, 4.69) is 5.32 Å². The van der Waals surface area contributed by atoms with E-state index < -0.39 is 0 Å². The number of fused-ring (bicyclic) bond motifs is 1. The minimum atomic E-state index is -0.171. The van der Waals surface area contributed by atoms with Crippen molar-refractivity contribution in [2.24, 2.45) is 0 Å². The molecule has 1 atom stereocenters. The number of rotatable bonds is 2. The lowest BCUT2D eigenvalue weighted by Crippen LogP contribution is -2.45. The third kappa shape index (κ3) is 2.68. The quantitative estimate of drug-likeness (QED) is 0.877. The summed E-state index contributed by atoms with van der Waals surface area (Å²) in [6, 6.07) is 6.93. The molecular formula is C16H19N3O3. The Bertz CT molecular complexity index is 629. The van der Waals surface area contributed by atoms with Crippen molar-refractivity contribution >= 4 is 23.4 Å². The summed E-state index contributed by atoms with van der Waals surface area (Å²) in [6.07, 6.45) is 1.32. The van der Waals surface area contributed by atoms with E-state index in [1.165, 1.54) is 0 Å². The minimum absolute atomic E-state index is 0.0266. The van der Waals surface area contributed by atoms with Crippen LogP contribution in [0.25, 0.3) is 0 Å². The first-order chi connectivity index (χ1) is 10.6. The van der Waals surface area contributed by atoms with Gasteiger partial charge in [-0.1, -0.05) is 12.1 Å². The van der Waals surface area contributed by atoms with Gasteiger partial charge >= 0.3 is 0 Å². The van der Waals surface area contributed by atoms with Crippen molar-refractivity contribution in [1.29, 1.82) is 0 Å². The maximum atomic E-state index is 12.7. The molecule has 3 rings (SSSR count). The number of para-hydroxylation sites is 1. The molecule has 0 bridgehead atoms. The molecule has 22 heavy (non-hydrogen) atoms. The van der Waals surface area contributed by atoms with E-state index in [-0.39, 0.29) is 30.3 Å². The van der Waals surface area contributed by atoms with Gasteiger partial charge in [-0.2, -0.15) is 0 Å². The number of anilines is 1. The van der Waals surface area contributed by atoms with E-state index in [1.807, 2.05) is 13.0 Å². The van der Waals surface area contributed by atoms with Crippen LogP contribution in [0.4, 0.5) is 5.69 Å². The van der Waals surface area contributed by atoms with Gasteiger partial charge in [0.2, 0.25) is 11.8 Å². The first kappa shape index (κ1) is 14.6. The fourth-order valence-electron chi connectivity index (χ4n) is 2.98. The molecule has 2 aliphatic heterocycles. The number of carbonyl (C=O) groups excluding carboxylic acids is 3. The number of carbonyl (C=O) groups is 3. The summed E-state index contributed by atoms with van der Waals surface area (Å²) in [7, 11) is 0. The van der Waals surface area contributed by atoms with Gasteiger partial charge in [0.1, 0.15) is 6.54 Å².